The van der Waals surface area contributed by atoms with Crippen molar-refractivity contribution < 1.29 is 4.79 Å². The summed E-state index contributed by atoms with van der Waals surface area (Å²) in [6.45, 7) is 3.03. The summed E-state index contributed by atoms with van der Waals surface area (Å²) in [7, 11) is 0. The van der Waals surface area contributed by atoms with Crippen molar-refractivity contribution >= 4 is 17.4 Å². The number of nitrogens with one attached hydrogen (secondary N) is 2. The molecule has 0 spiro atoms. The Balaban J connectivity index is 1.47. The molecule has 1 aliphatic heterocycles. The lowest BCUT2D eigenvalue weighted by molar-refractivity contribution is 0.0888. The number of carbonyl (C=O) groups excluding carboxylic acids is 1. The highest BCUT2D eigenvalue weighted by Crippen LogP contribution is 2.26. The summed E-state index contributed by atoms with van der Waals surface area (Å²) in [6, 6.07) is 6.85. The Morgan fingerprint density at radius 2 is 2.19 bits per heavy atom. The minimum Gasteiger partial charge on any atom is -0.352 e. The molecule has 3 aromatic heterocycles. The molecule has 130 valence electrons. The molecule has 0 bridgehead atoms. The summed E-state index contributed by atoms with van der Waals surface area (Å²) >= 11 is 0. The van der Waals surface area contributed by atoms with E-state index in [4.69, 9.17) is 5.26 Å². The first kappa shape index (κ1) is 15.8. The monoisotopic (exact) mass is 350 g/mol. The topological polar surface area (TPSA) is 132 Å². The van der Waals surface area contributed by atoms with Crippen LogP contribution in [-0.4, -0.2) is 49.1 Å². The van der Waals surface area contributed by atoms with Gasteiger partial charge in [-0.3, -0.25) is 4.79 Å². The number of nitrogens with zero attached hydrogens (tertiary/aromatic N) is 6. The van der Waals surface area contributed by atoms with Crippen LogP contribution in [0.2, 0.25) is 0 Å². The fourth-order valence-electron chi connectivity index (χ4n) is 3.00. The van der Waals surface area contributed by atoms with Crippen LogP contribution in [0.15, 0.2) is 35.4 Å². The van der Waals surface area contributed by atoms with Gasteiger partial charge in [0, 0.05) is 25.5 Å². The lowest BCUT2D eigenvalue weighted by Crippen LogP contribution is -2.69. The Morgan fingerprint density at radius 3 is 2.96 bits per heavy atom. The second-order valence-corrected chi connectivity index (χ2v) is 6.40. The second-order valence-electron chi connectivity index (χ2n) is 6.40. The van der Waals surface area contributed by atoms with Crippen LogP contribution in [0.25, 0.3) is 5.65 Å². The maximum absolute atomic E-state index is 12.5. The van der Waals surface area contributed by atoms with Gasteiger partial charge in [0.1, 0.15) is 11.9 Å². The molecule has 0 atom stereocenters. The number of rotatable bonds is 3. The van der Waals surface area contributed by atoms with Gasteiger partial charge in [-0.25, -0.2) is 24.3 Å². The molecular formula is C16H14N8O2. The highest BCUT2D eigenvalue weighted by Gasteiger charge is 2.41. The Morgan fingerprint density at radius 1 is 1.38 bits per heavy atom. The third-order valence-electron chi connectivity index (χ3n) is 4.23. The Bertz CT molecular complexity index is 1100. The zero-order valence-electron chi connectivity index (χ0n) is 13.8. The van der Waals surface area contributed by atoms with Gasteiger partial charge in [0.15, 0.2) is 5.65 Å². The van der Waals surface area contributed by atoms with Gasteiger partial charge in [-0.05, 0) is 25.1 Å². The van der Waals surface area contributed by atoms with E-state index >= 15 is 0 Å². The van der Waals surface area contributed by atoms with Crippen molar-refractivity contribution in [1.82, 2.24) is 29.9 Å². The van der Waals surface area contributed by atoms with E-state index in [1.165, 1.54) is 16.8 Å². The first-order valence-corrected chi connectivity index (χ1v) is 7.85. The second kappa shape index (κ2) is 5.66. The quantitative estimate of drug-likeness (QED) is 0.662. The van der Waals surface area contributed by atoms with E-state index in [0.717, 1.165) is 0 Å². The van der Waals surface area contributed by atoms with E-state index < -0.39 is 11.2 Å². The fraction of sp³-hybridized carbons (Fsp3) is 0.250. The number of carbonyl (C=O) groups is 1. The number of hydrogen-bond donors (Lipinski definition) is 2. The average Bonchev–Trinajstić information content (AvgIpc) is 3.00. The third-order valence-corrected chi connectivity index (χ3v) is 4.23. The molecule has 0 aliphatic carbocycles. The number of aromatic amines is 1. The van der Waals surface area contributed by atoms with Crippen LogP contribution in [0, 0.1) is 11.3 Å². The molecule has 4 rings (SSSR count). The molecule has 26 heavy (non-hydrogen) atoms. The normalized spacial score (nSPS) is 15.3. The summed E-state index contributed by atoms with van der Waals surface area (Å²) in [5, 5.41) is 18.0. The van der Waals surface area contributed by atoms with Gasteiger partial charge in [0.05, 0.1) is 11.1 Å². The van der Waals surface area contributed by atoms with E-state index in [9.17, 15) is 9.59 Å². The lowest BCUT2D eigenvalue weighted by atomic mass is 9.91. The van der Waals surface area contributed by atoms with Crippen molar-refractivity contribution in [2.75, 3.05) is 18.0 Å². The minimum atomic E-state index is -0.439. The standard InChI is InChI=1S/C16H14N8O2/c1-16(8-23(9-16)12-4-5-18-11(6-17)19-12)20-14(25)10-2-3-13-21-22-15(26)24(13)7-10/h2-5,7H,8-9H2,1H3,(H,20,25)(H,22,26). The van der Waals surface area contributed by atoms with Crippen LogP contribution in [0.4, 0.5) is 5.82 Å². The van der Waals surface area contributed by atoms with E-state index in [1.54, 1.807) is 18.2 Å². The van der Waals surface area contributed by atoms with Crippen LogP contribution in [0.3, 0.4) is 0 Å². The Kier molecular flexibility index (Phi) is 3.43. The molecule has 1 amide bonds. The zero-order valence-corrected chi connectivity index (χ0v) is 13.8. The van der Waals surface area contributed by atoms with Gasteiger partial charge < -0.3 is 10.2 Å². The van der Waals surface area contributed by atoms with Crippen molar-refractivity contribution in [1.29, 1.82) is 5.26 Å². The van der Waals surface area contributed by atoms with Crippen LogP contribution >= 0.6 is 0 Å². The van der Waals surface area contributed by atoms with Crippen LogP contribution in [0.1, 0.15) is 23.1 Å². The number of pyridine rings is 1. The molecule has 3 aromatic rings. The van der Waals surface area contributed by atoms with Gasteiger partial charge in [0.2, 0.25) is 5.82 Å². The van der Waals surface area contributed by atoms with Gasteiger partial charge in [-0.15, -0.1) is 0 Å². The maximum atomic E-state index is 12.5. The van der Waals surface area contributed by atoms with Gasteiger partial charge in [-0.2, -0.15) is 10.4 Å². The highest BCUT2D eigenvalue weighted by molar-refractivity contribution is 5.95. The summed E-state index contributed by atoms with van der Waals surface area (Å²) in [5.41, 5.74) is -0.0163. The molecule has 2 N–H and O–H groups in total. The predicted molar refractivity (Wildman–Crippen MR) is 90.6 cm³/mol. The Hall–Kier alpha value is -3.74. The van der Waals surface area contributed by atoms with Crippen molar-refractivity contribution in [3.8, 4) is 6.07 Å². The number of nitriles is 1. The molecule has 1 aliphatic rings. The van der Waals surface area contributed by atoms with E-state index in [-0.39, 0.29) is 11.7 Å². The molecule has 4 heterocycles. The maximum Gasteiger partial charge on any atom is 0.347 e. The molecule has 0 saturated carbocycles. The smallest absolute Gasteiger partial charge is 0.347 e. The van der Waals surface area contributed by atoms with Crippen LogP contribution in [0.5, 0.6) is 0 Å². The molecule has 1 saturated heterocycles. The molecule has 0 radical (unpaired) electrons. The SMILES string of the molecule is CC1(NC(=O)c2ccc3n[nH]c(=O)n3c2)CN(c2ccnc(C#N)n2)C1. The van der Waals surface area contributed by atoms with Gasteiger partial charge in [0.25, 0.3) is 5.91 Å². The number of aromatic nitrogens is 5. The number of anilines is 1. The van der Waals surface area contributed by atoms with Crippen LogP contribution < -0.4 is 15.9 Å². The fourth-order valence-corrected chi connectivity index (χ4v) is 3.00. The lowest BCUT2D eigenvalue weighted by Gasteiger charge is -2.48. The number of H-pyrrole nitrogens is 1. The summed E-state index contributed by atoms with van der Waals surface area (Å²) in [4.78, 5) is 34.1. The summed E-state index contributed by atoms with van der Waals surface area (Å²) in [5.74, 6) is 0.483. The molecule has 0 aromatic carbocycles. The van der Waals surface area contributed by atoms with Crippen molar-refractivity contribution in [2.24, 2.45) is 0 Å². The first-order valence-electron chi connectivity index (χ1n) is 7.85. The summed E-state index contributed by atoms with van der Waals surface area (Å²) in [6.07, 6.45) is 2.99. The number of fused-ring (bicyclic) bond motifs is 1. The first-order chi connectivity index (χ1) is 12.5. The molecule has 10 nitrogen and oxygen atoms in total. The van der Waals surface area contributed by atoms with E-state index in [2.05, 4.69) is 25.5 Å². The molecule has 10 heteroatoms. The molecule has 1 fully saturated rings. The van der Waals surface area contributed by atoms with E-state index in [1.807, 2.05) is 17.9 Å². The van der Waals surface area contributed by atoms with Crippen molar-refractivity contribution in [3.63, 3.8) is 0 Å². The number of amides is 1. The van der Waals surface area contributed by atoms with Crippen LogP contribution in [-0.2, 0) is 0 Å². The Labute approximate surface area is 147 Å². The molecular weight excluding hydrogens is 336 g/mol. The average molecular weight is 350 g/mol. The number of hydrogen-bond acceptors (Lipinski definition) is 7. The van der Waals surface area contributed by atoms with Gasteiger partial charge in [-0.1, -0.05) is 0 Å². The van der Waals surface area contributed by atoms with Crippen molar-refractivity contribution in [2.45, 2.75) is 12.5 Å². The highest BCUT2D eigenvalue weighted by atomic mass is 16.2. The molecule has 0 unspecified atom stereocenters. The zero-order chi connectivity index (χ0) is 18.3. The minimum absolute atomic E-state index is 0.110. The largest absolute Gasteiger partial charge is 0.352 e. The third kappa shape index (κ3) is 2.65. The predicted octanol–water partition coefficient (Wildman–Crippen LogP) is -0.307. The van der Waals surface area contributed by atoms with E-state index in [0.29, 0.717) is 30.1 Å². The van der Waals surface area contributed by atoms with Crippen molar-refractivity contribution in [3.05, 3.63) is 52.5 Å². The van der Waals surface area contributed by atoms with Gasteiger partial charge >= 0.3 is 5.69 Å². The summed E-state index contributed by atoms with van der Waals surface area (Å²) < 4.78 is 1.29.